The van der Waals surface area contributed by atoms with Crippen LogP contribution in [0.15, 0.2) is 22.7 Å². The van der Waals surface area contributed by atoms with Gasteiger partial charge in [-0.25, -0.2) is 0 Å². The summed E-state index contributed by atoms with van der Waals surface area (Å²) in [5.74, 6) is -0.266. The first-order valence-corrected chi connectivity index (χ1v) is 7.10. The highest BCUT2D eigenvalue weighted by Gasteiger charge is 2.28. The van der Waals surface area contributed by atoms with Crippen molar-refractivity contribution in [2.75, 3.05) is 0 Å². The Morgan fingerprint density at radius 3 is 2.32 bits per heavy atom. The van der Waals surface area contributed by atoms with Gasteiger partial charge in [0.05, 0.1) is 5.56 Å². The molecule has 3 nitrogen and oxygen atoms in total. The summed E-state index contributed by atoms with van der Waals surface area (Å²) in [6.07, 6.45) is 0.850. The fraction of sp³-hybridized carbons (Fsp3) is 0.533. The van der Waals surface area contributed by atoms with Gasteiger partial charge >= 0.3 is 0 Å². The summed E-state index contributed by atoms with van der Waals surface area (Å²) in [5.41, 5.74) is 0.0955. The van der Waals surface area contributed by atoms with Gasteiger partial charge in [0.1, 0.15) is 5.75 Å². The summed E-state index contributed by atoms with van der Waals surface area (Å²) >= 11 is 3.25. The Balaban J connectivity index is 2.84. The maximum atomic E-state index is 12.2. The number of carbonyl (C=O) groups is 1. The fourth-order valence-corrected chi connectivity index (χ4v) is 2.79. The Hall–Kier alpha value is -1.03. The maximum absolute atomic E-state index is 12.2. The van der Waals surface area contributed by atoms with E-state index >= 15 is 0 Å². The van der Waals surface area contributed by atoms with Gasteiger partial charge in [0.25, 0.3) is 5.91 Å². The summed E-state index contributed by atoms with van der Waals surface area (Å²) in [6.45, 7) is 10.4. The van der Waals surface area contributed by atoms with Crippen molar-refractivity contribution in [2.24, 2.45) is 5.41 Å². The molecule has 4 heteroatoms. The van der Waals surface area contributed by atoms with E-state index in [9.17, 15) is 9.90 Å². The molecule has 2 N–H and O–H groups in total. The molecule has 1 aromatic carbocycles. The first kappa shape index (κ1) is 16.0. The minimum Gasteiger partial charge on any atom is -0.507 e. The molecule has 1 rings (SSSR count). The number of halogens is 1. The lowest BCUT2D eigenvalue weighted by atomic mass is 9.81. The van der Waals surface area contributed by atoms with Crippen molar-refractivity contribution >= 4 is 21.8 Å². The third-order valence-corrected chi connectivity index (χ3v) is 3.12. The summed E-state index contributed by atoms with van der Waals surface area (Å²) in [6, 6.07) is 4.87. The second-order valence-electron chi connectivity index (χ2n) is 6.74. The average molecular weight is 328 g/mol. The van der Waals surface area contributed by atoms with Gasteiger partial charge in [0, 0.05) is 10.0 Å². The molecule has 0 fully saturated rings. The van der Waals surface area contributed by atoms with Gasteiger partial charge in [-0.05, 0) is 43.9 Å². The number of rotatable bonds is 3. The van der Waals surface area contributed by atoms with Crippen molar-refractivity contribution in [1.82, 2.24) is 5.32 Å². The molecule has 0 unspecified atom stereocenters. The van der Waals surface area contributed by atoms with E-state index in [1.807, 2.05) is 13.8 Å². The SMILES string of the molecule is CC(C)(C)CC(C)(C)NC(=O)c1ccc(Br)cc1O. The standard InChI is InChI=1S/C15H22BrNO2/c1-14(2,3)9-15(4,5)17-13(19)11-7-6-10(16)8-12(11)18/h6-8,18H,9H2,1-5H3,(H,17,19). The van der Waals surface area contributed by atoms with Crippen molar-refractivity contribution in [3.8, 4) is 5.75 Å². The molecule has 0 atom stereocenters. The number of aromatic hydroxyl groups is 1. The second kappa shape index (κ2) is 5.53. The highest BCUT2D eigenvalue weighted by Crippen LogP contribution is 2.28. The summed E-state index contributed by atoms with van der Waals surface area (Å²) in [7, 11) is 0. The molecular weight excluding hydrogens is 306 g/mol. The number of carbonyl (C=O) groups excluding carboxylic acids is 1. The largest absolute Gasteiger partial charge is 0.507 e. The molecule has 0 aliphatic heterocycles. The zero-order valence-corrected chi connectivity index (χ0v) is 13.8. The lowest BCUT2D eigenvalue weighted by Gasteiger charge is -2.33. The zero-order valence-electron chi connectivity index (χ0n) is 12.2. The number of benzene rings is 1. The van der Waals surface area contributed by atoms with Gasteiger partial charge < -0.3 is 10.4 Å². The van der Waals surface area contributed by atoms with Crippen LogP contribution in [0.1, 0.15) is 51.4 Å². The normalized spacial score (nSPS) is 12.3. The van der Waals surface area contributed by atoms with Crippen LogP contribution in [0.5, 0.6) is 5.75 Å². The van der Waals surface area contributed by atoms with E-state index in [1.165, 1.54) is 6.07 Å². The highest BCUT2D eigenvalue weighted by molar-refractivity contribution is 9.10. The molecule has 0 bridgehead atoms. The Morgan fingerprint density at radius 1 is 1.26 bits per heavy atom. The third-order valence-electron chi connectivity index (χ3n) is 2.63. The van der Waals surface area contributed by atoms with Crippen molar-refractivity contribution < 1.29 is 9.90 Å². The van der Waals surface area contributed by atoms with E-state index in [-0.39, 0.29) is 22.6 Å². The number of phenolic OH excluding ortho intramolecular Hbond substituents is 1. The molecule has 0 aliphatic carbocycles. The van der Waals surface area contributed by atoms with E-state index < -0.39 is 0 Å². The third kappa shape index (κ3) is 5.23. The fourth-order valence-electron chi connectivity index (χ4n) is 2.44. The topological polar surface area (TPSA) is 49.3 Å². The Bertz CT molecular complexity index is 476. The highest BCUT2D eigenvalue weighted by atomic mass is 79.9. The van der Waals surface area contributed by atoms with Crippen LogP contribution < -0.4 is 5.32 Å². The van der Waals surface area contributed by atoms with E-state index in [2.05, 4.69) is 42.0 Å². The molecule has 106 valence electrons. The average Bonchev–Trinajstić information content (AvgIpc) is 2.11. The number of amides is 1. The zero-order chi connectivity index (χ0) is 14.8. The van der Waals surface area contributed by atoms with E-state index in [4.69, 9.17) is 0 Å². The predicted molar refractivity (Wildman–Crippen MR) is 81.4 cm³/mol. The summed E-state index contributed by atoms with van der Waals surface area (Å²) in [4.78, 5) is 12.2. The monoisotopic (exact) mass is 327 g/mol. The molecule has 0 aliphatic rings. The quantitative estimate of drug-likeness (QED) is 0.878. The molecule has 1 amide bonds. The predicted octanol–water partition coefficient (Wildman–Crippen LogP) is 4.10. The first-order valence-electron chi connectivity index (χ1n) is 6.31. The van der Waals surface area contributed by atoms with Gasteiger partial charge in [-0.15, -0.1) is 0 Å². The summed E-state index contributed by atoms with van der Waals surface area (Å²) < 4.78 is 0.746. The number of phenols is 1. The van der Waals surface area contributed by atoms with Gasteiger partial charge in [-0.2, -0.15) is 0 Å². The molecule has 19 heavy (non-hydrogen) atoms. The van der Waals surface area contributed by atoms with Crippen molar-refractivity contribution in [2.45, 2.75) is 46.6 Å². The lowest BCUT2D eigenvalue weighted by molar-refractivity contribution is 0.0889. The molecular formula is C15H22BrNO2. The van der Waals surface area contributed by atoms with Crippen molar-refractivity contribution in [1.29, 1.82) is 0 Å². The molecule has 0 radical (unpaired) electrons. The van der Waals surface area contributed by atoms with E-state index in [0.29, 0.717) is 5.56 Å². The minimum atomic E-state index is -0.325. The van der Waals surface area contributed by atoms with Gasteiger partial charge in [0.15, 0.2) is 0 Å². The maximum Gasteiger partial charge on any atom is 0.255 e. The first-order chi connectivity index (χ1) is 8.50. The Kier molecular flexibility index (Phi) is 4.67. The van der Waals surface area contributed by atoms with Crippen LogP contribution in [0.4, 0.5) is 0 Å². The summed E-state index contributed by atoms with van der Waals surface area (Å²) in [5, 5.41) is 12.8. The Labute approximate surface area is 123 Å². The van der Waals surface area contributed by atoms with E-state index in [0.717, 1.165) is 10.9 Å². The van der Waals surface area contributed by atoms with E-state index in [1.54, 1.807) is 12.1 Å². The molecule has 0 aromatic heterocycles. The van der Waals surface area contributed by atoms with Crippen LogP contribution in [-0.4, -0.2) is 16.6 Å². The van der Waals surface area contributed by atoms with Crippen LogP contribution >= 0.6 is 15.9 Å². The van der Waals surface area contributed by atoms with Crippen LogP contribution in [0.25, 0.3) is 0 Å². The van der Waals surface area contributed by atoms with Crippen LogP contribution in [0.2, 0.25) is 0 Å². The Morgan fingerprint density at radius 2 is 1.84 bits per heavy atom. The number of hydrogen-bond donors (Lipinski definition) is 2. The van der Waals surface area contributed by atoms with Crippen molar-refractivity contribution in [3.05, 3.63) is 28.2 Å². The molecule has 0 saturated carbocycles. The van der Waals surface area contributed by atoms with Gasteiger partial charge in [-0.3, -0.25) is 4.79 Å². The van der Waals surface area contributed by atoms with Crippen LogP contribution in [0, 0.1) is 5.41 Å². The second-order valence-corrected chi connectivity index (χ2v) is 7.65. The van der Waals surface area contributed by atoms with Crippen molar-refractivity contribution in [3.63, 3.8) is 0 Å². The smallest absolute Gasteiger partial charge is 0.255 e. The van der Waals surface area contributed by atoms with Gasteiger partial charge in [-0.1, -0.05) is 36.7 Å². The minimum absolute atomic E-state index is 0.0153. The number of hydrogen-bond acceptors (Lipinski definition) is 2. The van der Waals surface area contributed by atoms with Gasteiger partial charge in [0.2, 0.25) is 0 Å². The van der Waals surface area contributed by atoms with Crippen LogP contribution in [0.3, 0.4) is 0 Å². The molecule has 0 spiro atoms. The van der Waals surface area contributed by atoms with Crippen LogP contribution in [-0.2, 0) is 0 Å². The molecule has 1 aromatic rings. The number of nitrogens with one attached hydrogen (secondary N) is 1. The molecule has 0 heterocycles. The lowest BCUT2D eigenvalue weighted by Crippen LogP contribution is -2.45. The molecule has 0 saturated heterocycles.